The van der Waals surface area contributed by atoms with Crippen LogP contribution in [-0.2, 0) is 11.3 Å². The maximum absolute atomic E-state index is 12.2. The van der Waals surface area contributed by atoms with Crippen molar-refractivity contribution in [3.63, 3.8) is 0 Å². The van der Waals surface area contributed by atoms with Crippen molar-refractivity contribution in [1.82, 2.24) is 9.97 Å². The van der Waals surface area contributed by atoms with E-state index in [9.17, 15) is 18.0 Å². The number of ether oxygens (including phenoxy) is 2. The number of anilines is 1. The zero-order valence-corrected chi connectivity index (χ0v) is 12.7. The Morgan fingerprint density at radius 1 is 1.39 bits per heavy atom. The second-order valence-corrected chi connectivity index (χ2v) is 5.39. The molecule has 0 radical (unpaired) electrons. The second kappa shape index (κ2) is 7.38. The molecule has 6 nitrogen and oxygen atoms in total. The molecule has 0 unspecified atom stereocenters. The molecule has 0 spiro atoms. The van der Waals surface area contributed by atoms with Gasteiger partial charge in [-0.3, -0.25) is 10.1 Å². The molecule has 2 aromatic heterocycles. The zero-order valence-electron chi connectivity index (χ0n) is 11.9. The van der Waals surface area contributed by atoms with Crippen molar-refractivity contribution >= 4 is 22.4 Å². The number of thiazole rings is 1. The standard InChI is InChI=1S/C13H12F3N3O3S/c1-21-6-8-5-18-12(23-8)19-11(20)10-9(3-2-4-17-10)22-7-13(14,15)16/h2-5H,6-7H2,1H3,(H,18,19,20). The maximum Gasteiger partial charge on any atom is 0.422 e. The molecule has 0 aliphatic rings. The van der Waals surface area contributed by atoms with E-state index in [-0.39, 0.29) is 16.6 Å². The lowest BCUT2D eigenvalue weighted by atomic mass is 10.3. The molecule has 0 aliphatic heterocycles. The highest BCUT2D eigenvalue weighted by atomic mass is 32.1. The molecule has 0 saturated heterocycles. The number of carbonyl (C=O) groups excluding carboxylic acids is 1. The summed E-state index contributed by atoms with van der Waals surface area (Å²) < 4.78 is 46.2. The van der Waals surface area contributed by atoms with Gasteiger partial charge in [-0.15, -0.1) is 0 Å². The number of methoxy groups -OCH3 is 1. The third-order valence-corrected chi connectivity index (χ3v) is 3.32. The van der Waals surface area contributed by atoms with E-state index in [0.717, 1.165) is 4.88 Å². The Labute approximate surface area is 133 Å². The fourth-order valence-electron chi connectivity index (χ4n) is 1.57. The third-order valence-electron chi connectivity index (χ3n) is 2.44. The molecule has 0 bridgehead atoms. The summed E-state index contributed by atoms with van der Waals surface area (Å²) >= 11 is 1.19. The number of alkyl halides is 3. The van der Waals surface area contributed by atoms with Crippen molar-refractivity contribution in [2.24, 2.45) is 0 Å². The Morgan fingerprint density at radius 3 is 2.87 bits per heavy atom. The number of hydrogen-bond donors (Lipinski definition) is 1. The number of hydrogen-bond acceptors (Lipinski definition) is 6. The summed E-state index contributed by atoms with van der Waals surface area (Å²) in [5.41, 5.74) is -0.250. The molecule has 1 N–H and O–H groups in total. The molecule has 2 heterocycles. The largest absolute Gasteiger partial charge is 0.482 e. The van der Waals surface area contributed by atoms with Crippen LogP contribution in [0.15, 0.2) is 24.5 Å². The van der Waals surface area contributed by atoms with Crippen LogP contribution in [0.3, 0.4) is 0 Å². The highest BCUT2D eigenvalue weighted by Crippen LogP contribution is 2.23. The SMILES string of the molecule is COCc1cnc(NC(=O)c2ncccc2OCC(F)(F)F)s1. The van der Waals surface area contributed by atoms with Gasteiger partial charge in [0.05, 0.1) is 11.5 Å². The monoisotopic (exact) mass is 347 g/mol. The Hall–Kier alpha value is -2.20. The predicted molar refractivity (Wildman–Crippen MR) is 76.6 cm³/mol. The van der Waals surface area contributed by atoms with Crippen molar-refractivity contribution in [2.75, 3.05) is 19.0 Å². The number of amides is 1. The van der Waals surface area contributed by atoms with Gasteiger partial charge in [0.2, 0.25) is 0 Å². The third kappa shape index (κ3) is 5.18. The lowest BCUT2D eigenvalue weighted by Crippen LogP contribution is -2.21. The number of halogens is 3. The topological polar surface area (TPSA) is 73.3 Å². The van der Waals surface area contributed by atoms with Gasteiger partial charge in [-0.25, -0.2) is 9.97 Å². The molecule has 10 heteroatoms. The first-order valence-corrected chi connectivity index (χ1v) is 7.10. The summed E-state index contributed by atoms with van der Waals surface area (Å²) in [4.78, 5) is 20.7. The molecule has 2 aromatic rings. The van der Waals surface area contributed by atoms with Crippen LogP contribution in [0.4, 0.5) is 18.3 Å². The highest BCUT2D eigenvalue weighted by molar-refractivity contribution is 7.15. The van der Waals surface area contributed by atoms with Gasteiger partial charge in [0.1, 0.15) is 0 Å². The van der Waals surface area contributed by atoms with Crippen LogP contribution in [0.2, 0.25) is 0 Å². The average molecular weight is 347 g/mol. The molecule has 2 rings (SSSR count). The van der Waals surface area contributed by atoms with Crippen LogP contribution in [0.25, 0.3) is 0 Å². The minimum absolute atomic E-state index is 0.250. The quantitative estimate of drug-likeness (QED) is 0.870. The lowest BCUT2D eigenvalue weighted by molar-refractivity contribution is -0.153. The van der Waals surface area contributed by atoms with E-state index in [1.807, 2.05) is 0 Å². The van der Waals surface area contributed by atoms with Crippen molar-refractivity contribution in [3.05, 3.63) is 35.1 Å². The summed E-state index contributed by atoms with van der Waals surface area (Å²) in [5.74, 6) is -0.961. The van der Waals surface area contributed by atoms with Gasteiger partial charge >= 0.3 is 6.18 Å². The summed E-state index contributed by atoms with van der Waals surface area (Å²) in [5, 5.41) is 2.75. The van der Waals surface area contributed by atoms with Gasteiger partial charge < -0.3 is 9.47 Å². The smallest absolute Gasteiger partial charge is 0.422 e. The summed E-state index contributed by atoms with van der Waals surface area (Å²) in [6, 6.07) is 2.62. The summed E-state index contributed by atoms with van der Waals surface area (Å²) in [7, 11) is 1.52. The normalized spacial score (nSPS) is 11.3. The van der Waals surface area contributed by atoms with Gasteiger partial charge in [-0.05, 0) is 12.1 Å². The van der Waals surface area contributed by atoms with Gasteiger partial charge in [-0.1, -0.05) is 11.3 Å². The van der Waals surface area contributed by atoms with Crippen molar-refractivity contribution in [3.8, 4) is 5.75 Å². The van der Waals surface area contributed by atoms with Crippen LogP contribution in [0, 0.1) is 0 Å². The molecular weight excluding hydrogens is 335 g/mol. The van der Waals surface area contributed by atoms with E-state index in [1.165, 1.54) is 43.0 Å². The molecule has 0 aromatic carbocycles. The molecule has 1 amide bonds. The first kappa shape index (κ1) is 17.2. The second-order valence-electron chi connectivity index (χ2n) is 4.27. The Kier molecular flexibility index (Phi) is 5.50. The van der Waals surface area contributed by atoms with Gasteiger partial charge in [0.15, 0.2) is 23.2 Å². The van der Waals surface area contributed by atoms with Crippen LogP contribution in [0.1, 0.15) is 15.4 Å². The first-order chi connectivity index (χ1) is 10.9. The summed E-state index contributed by atoms with van der Waals surface area (Å²) in [6.45, 7) is -1.16. The molecular formula is C13H12F3N3O3S. The minimum Gasteiger partial charge on any atom is -0.482 e. The van der Waals surface area contributed by atoms with Crippen LogP contribution in [-0.4, -0.2) is 35.8 Å². The number of rotatable bonds is 6. The molecule has 0 atom stereocenters. The van der Waals surface area contributed by atoms with E-state index < -0.39 is 18.7 Å². The number of carbonyl (C=O) groups is 1. The summed E-state index contributed by atoms with van der Waals surface area (Å²) in [6.07, 6.45) is -1.69. The molecule has 0 aliphatic carbocycles. The molecule has 124 valence electrons. The lowest BCUT2D eigenvalue weighted by Gasteiger charge is -2.11. The predicted octanol–water partition coefficient (Wildman–Crippen LogP) is 2.88. The van der Waals surface area contributed by atoms with Crippen LogP contribution in [0.5, 0.6) is 5.75 Å². The van der Waals surface area contributed by atoms with Crippen LogP contribution >= 0.6 is 11.3 Å². The van der Waals surface area contributed by atoms with Gasteiger partial charge in [0, 0.05) is 19.5 Å². The van der Waals surface area contributed by atoms with E-state index in [4.69, 9.17) is 4.74 Å². The number of pyridine rings is 1. The van der Waals surface area contributed by atoms with Gasteiger partial charge in [-0.2, -0.15) is 13.2 Å². The fraction of sp³-hybridized carbons (Fsp3) is 0.308. The molecule has 0 fully saturated rings. The first-order valence-electron chi connectivity index (χ1n) is 6.28. The van der Waals surface area contributed by atoms with Crippen molar-refractivity contribution < 1.29 is 27.4 Å². The van der Waals surface area contributed by atoms with E-state index >= 15 is 0 Å². The highest BCUT2D eigenvalue weighted by Gasteiger charge is 2.29. The Morgan fingerprint density at radius 2 is 2.17 bits per heavy atom. The van der Waals surface area contributed by atoms with E-state index in [2.05, 4.69) is 20.0 Å². The number of aromatic nitrogens is 2. The average Bonchev–Trinajstić information content (AvgIpc) is 2.92. The molecule has 23 heavy (non-hydrogen) atoms. The maximum atomic E-state index is 12.2. The minimum atomic E-state index is -4.51. The fourth-order valence-corrected chi connectivity index (χ4v) is 2.35. The number of nitrogens with one attached hydrogen (secondary N) is 1. The van der Waals surface area contributed by atoms with E-state index in [1.54, 1.807) is 0 Å². The van der Waals surface area contributed by atoms with Crippen LogP contribution < -0.4 is 10.1 Å². The zero-order chi connectivity index (χ0) is 16.9. The van der Waals surface area contributed by atoms with Crippen molar-refractivity contribution in [1.29, 1.82) is 0 Å². The number of nitrogens with zero attached hydrogens (tertiary/aromatic N) is 2. The molecule has 0 saturated carbocycles. The van der Waals surface area contributed by atoms with E-state index in [0.29, 0.717) is 6.61 Å². The van der Waals surface area contributed by atoms with Crippen molar-refractivity contribution in [2.45, 2.75) is 12.8 Å². The van der Waals surface area contributed by atoms with Gasteiger partial charge in [0.25, 0.3) is 5.91 Å². The Bertz CT molecular complexity index is 676. The Balaban J connectivity index is 2.09.